The second-order valence-corrected chi connectivity index (χ2v) is 7.02. The Bertz CT molecular complexity index is 654. The molecule has 1 heterocycles. The van der Waals surface area contributed by atoms with Crippen molar-refractivity contribution in [3.05, 3.63) is 41.3 Å². The largest absolute Gasteiger partial charge is 0.342 e. The first-order chi connectivity index (χ1) is 10.8. The third-order valence-electron chi connectivity index (χ3n) is 4.73. The van der Waals surface area contributed by atoms with Gasteiger partial charge in [0, 0.05) is 17.3 Å². The van der Waals surface area contributed by atoms with Crippen LogP contribution in [0.3, 0.4) is 0 Å². The van der Waals surface area contributed by atoms with E-state index in [4.69, 9.17) is 0 Å². The fraction of sp³-hybridized carbons (Fsp3) is 0.421. The summed E-state index contributed by atoms with van der Waals surface area (Å²) in [5, 5.41) is 3.55. The van der Waals surface area contributed by atoms with E-state index in [-0.39, 0.29) is 0 Å². The van der Waals surface area contributed by atoms with Gasteiger partial charge in [-0.2, -0.15) is 0 Å². The SMILES string of the molecule is C=Cc1ccc2scc(CCN(C=O)C3CCCCC3)c2c1. The van der Waals surface area contributed by atoms with Crippen LogP contribution in [-0.2, 0) is 11.2 Å². The van der Waals surface area contributed by atoms with Gasteiger partial charge in [-0.1, -0.05) is 38.0 Å². The molecule has 0 unspecified atom stereocenters. The predicted molar refractivity (Wildman–Crippen MR) is 95.3 cm³/mol. The van der Waals surface area contributed by atoms with Gasteiger partial charge in [-0.05, 0) is 53.3 Å². The molecular formula is C19H23NOS. The van der Waals surface area contributed by atoms with Crippen molar-refractivity contribution in [1.29, 1.82) is 0 Å². The van der Waals surface area contributed by atoms with Gasteiger partial charge in [0.25, 0.3) is 0 Å². The Labute approximate surface area is 136 Å². The smallest absolute Gasteiger partial charge is 0.209 e. The molecule has 1 amide bonds. The van der Waals surface area contributed by atoms with Gasteiger partial charge in [-0.3, -0.25) is 4.79 Å². The number of thiophene rings is 1. The molecule has 0 radical (unpaired) electrons. The monoisotopic (exact) mass is 313 g/mol. The van der Waals surface area contributed by atoms with Crippen molar-refractivity contribution >= 4 is 33.9 Å². The summed E-state index contributed by atoms with van der Waals surface area (Å²) in [6.45, 7) is 4.68. The number of carbonyl (C=O) groups is 1. The lowest BCUT2D eigenvalue weighted by atomic mass is 9.94. The van der Waals surface area contributed by atoms with Crippen LogP contribution >= 0.6 is 11.3 Å². The van der Waals surface area contributed by atoms with E-state index in [1.807, 2.05) is 11.0 Å². The fourth-order valence-electron chi connectivity index (χ4n) is 3.40. The summed E-state index contributed by atoms with van der Waals surface area (Å²) in [6.07, 6.45) is 10.1. The molecule has 1 aliphatic rings. The maximum absolute atomic E-state index is 11.4. The molecule has 1 aromatic carbocycles. The molecule has 0 saturated heterocycles. The van der Waals surface area contributed by atoms with E-state index in [1.54, 1.807) is 11.3 Å². The Balaban J connectivity index is 1.72. The number of hydrogen-bond donors (Lipinski definition) is 0. The Morgan fingerprint density at radius 2 is 2.09 bits per heavy atom. The molecule has 0 bridgehead atoms. The van der Waals surface area contributed by atoms with Crippen molar-refractivity contribution in [2.75, 3.05) is 6.54 Å². The molecule has 2 aromatic rings. The first-order valence-electron chi connectivity index (χ1n) is 8.15. The summed E-state index contributed by atoms with van der Waals surface area (Å²) >= 11 is 1.79. The van der Waals surface area contributed by atoms with Crippen molar-refractivity contribution < 1.29 is 4.79 Å². The molecule has 3 heteroatoms. The number of carbonyl (C=O) groups excluding carboxylic acids is 1. The highest BCUT2D eigenvalue weighted by molar-refractivity contribution is 7.17. The lowest BCUT2D eigenvalue weighted by molar-refractivity contribution is -0.120. The van der Waals surface area contributed by atoms with Gasteiger partial charge < -0.3 is 4.90 Å². The molecular weight excluding hydrogens is 290 g/mol. The number of rotatable bonds is 6. The predicted octanol–water partition coefficient (Wildman–Crippen LogP) is 4.88. The number of fused-ring (bicyclic) bond motifs is 1. The first kappa shape index (κ1) is 15.3. The molecule has 116 valence electrons. The van der Waals surface area contributed by atoms with E-state index < -0.39 is 0 Å². The van der Waals surface area contributed by atoms with Crippen molar-refractivity contribution in [1.82, 2.24) is 4.90 Å². The number of hydrogen-bond acceptors (Lipinski definition) is 2. The van der Waals surface area contributed by atoms with Crippen LogP contribution in [0.2, 0.25) is 0 Å². The number of amides is 1. The molecule has 2 nitrogen and oxygen atoms in total. The van der Waals surface area contributed by atoms with Crippen LogP contribution in [-0.4, -0.2) is 23.9 Å². The molecule has 1 aliphatic carbocycles. The lowest BCUT2D eigenvalue weighted by Crippen LogP contribution is -2.37. The lowest BCUT2D eigenvalue weighted by Gasteiger charge is -2.31. The fourth-order valence-corrected chi connectivity index (χ4v) is 4.38. The molecule has 1 aromatic heterocycles. The van der Waals surface area contributed by atoms with Crippen LogP contribution in [0.5, 0.6) is 0 Å². The molecule has 22 heavy (non-hydrogen) atoms. The van der Waals surface area contributed by atoms with Gasteiger partial charge in [0.05, 0.1) is 0 Å². The van der Waals surface area contributed by atoms with E-state index >= 15 is 0 Å². The molecule has 1 saturated carbocycles. The second-order valence-electron chi connectivity index (χ2n) is 6.11. The normalized spacial score (nSPS) is 15.8. The molecule has 0 aliphatic heterocycles. The number of nitrogens with zero attached hydrogens (tertiary/aromatic N) is 1. The third kappa shape index (κ3) is 3.25. The minimum atomic E-state index is 0.458. The maximum Gasteiger partial charge on any atom is 0.209 e. The first-order valence-corrected chi connectivity index (χ1v) is 9.03. The Morgan fingerprint density at radius 1 is 1.27 bits per heavy atom. The Hall–Kier alpha value is -1.61. The summed E-state index contributed by atoms with van der Waals surface area (Å²) in [5.74, 6) is 0. The molecule has 0 atom stereocenters. The minimum Gasteiger partial charge on any atom is -0.342 e. The minimum absolute atomic E-state index is 0.458. The highest BCUT2D eigenvalue weighted by Crippen LogP contribution is 2.28. The summed E-state index contributed by atoms with van der Waals surface area (Å²) in [4.78, 5) is 13.5. The summed E-state index contributed by atoms with van der Waals surface area (Å²) in [6, 6.07) is 6.94. The van der Waals surface area contributed by atoms with Crippen molar-refractivity contribution in [2.45, 2.75) is 44.6 Å². The zero-order chi connectivity index (χ0) is 15.4. The van der Waals surface area contributed by atoms with Crippen molar-refractivity contribution in [3.8, 4) is 0 Å². The van der Waals surface area contributed by atoms with E-state index in [0.717, 1.165) is 24.9 Å². The quantitative estimate of drug-likeness (QED) is 0.696. The van der Waals surface area contributed by atoms with Crippen molar-refractivity contribution in [2.24, 2.45) is 0 Å². The second kappa shape index (κ2) is 7.10. The van der Waals surface area contributed by atoms with Gasteiger partial charge >= 0.3 is 0 Å². The highest BCUT2D eigenvalue weighted by atomic mass is 32.1. The van der Waals surface area contributed by atoms with Crippen molar-refractivity contribution in [3.63, 3.8) is 0 Å². The van der Waals surface area contributed by atoms with Crippen LogP contribution in [0.25, 0.3) is 16.2 Å². The molecule has 0 N–H and O–H groups in total. The Kier molecular flexibility index (Phi) is 4.94. The van der Waals surface area contributed by atoms with E-state index in [2.05, 4.69) is 30.2 Å². The highest BCUT2D eigenvalue weighted by Gasteiger charge is 2.19. The maximum atomic E-state index is 11.4. The standard InChI is InChI=1S/C19H23NOS/c1-2-15-8-9-19-18(12-15)16(13-22-19)10-11-20(14-21)17-6-4-3-5-7-17/h2,8-9,12-14,17H,1,3-7,10-11H2. The van der Waals surface area contributed by atoms with E-state index in [0.29, 0.717) is 6.04 Å². The third-order valence-corrected chi connectivity index (χ3v) is 5.74. The summed E-state index contributed by atoms with van der Waals surface area (Å²) < 4.78 is 1.32. The average Bonchev–Trinajstić information content (AvgIpc) is 2.98. The zero-order valence-corrected chi connectivity index (χ0v) is 13.8. The van der Waals surface area contributed by atoms with Crippen LogP contribution < -0.4 is 0 Å². The van der Waals surface area contributed by atoms with Crippen LogP contribution in [0, 0.1) is 0 Å². The Morgan fingerprint density at radius 3 is 2.82 bits per heavy atom. The summed E-state index contributed by atoms with van der Waals surface area (Å²) in [7, 11) is 0. The topological polar surface area (TPSA) is 20.3 Å². The van der Waals surface area contributed by atoms with Crippen LogP contribution in [0.1, 0.15) is 43.2 Å². The number of benzene rings is 1. The van der Waals surface area contributed by atoms with Gasteiger partial charge in [0.2, 0.25) is 6.41 Å². The molecule has 1 fully saturated rings. The molecule has 0 spiro atoms. The van der Waals surface area contributed by atoms with Gasteiger partial charge in [0.1, 0.15) is 0 Å². The van der Waals surface area contributed by atoms with Crippen LogP contribution in [0.15, 0.2) is 30.2 Å². The van der Waals surface area contributed by atoms with Gasteiger partial charge in [0.15, 0.2) is 0 Å². The van der Waals surface area contributed by atoms with Crippen LogP contribution in [0.4, 0.5) is 0 Å². The summed E-state index contributed by atoms with van der Waals surface area (Å²) in [5.41, 5.74) is 2.51. The van der Waals surface area contributed by atoms with E-state index in [1.165, 1.54) is 47.8 Å². The zero-order valence-electron chi connectivity index (χ0n) is 13.0. The molecule has 3 rings (SSSR count). The van der Waals surface area contributed by atoms with Gasteiger partial charge in [-0.25, -0.2) is 0 Å². The van der Waals surface area contributed by atoms with E-state index in [9.17, 15) is 4.79 Å². The van der Waals surface area contributed by atoms with Gasteiger partial charge in [-0.15, -0.1) is 11.3 Å². The average molecular weight is 313 g/mol.